The number of nitrogen functional groups attached to an aromatic ring is 1. The summed E-state index contributed by atoms with van der Waals surface area (Å²) in [6.07, 6.45) is 0. The van der Waals surface area contributed by atoms with Gasteiger partial charge in [-0.1, -0.05) is 48.0 Å². The van der Waals surface area contributed by atoms with Gasteiger partial charge in [0.2, 0.25) is 5.91 Å². The van der Waals surface area contributed by atoms with Crippen molar-refractivity contribution in [2.24, 2.45) is 0 Å². The van der Waals surface area contributed by atoms with Crippen molar-refractivity contribution in [3.8, 4) is 0 Å². The van der Waals surface area contributed by atoms with Crippen molar-refractivity contribution in [3.05, 3.63) is 86.6 Å². The molecule has 29 heavy (non-hydrogen) atoms. The first kappa shape index (κ1) is 19.9. The maximum atomic E-state index is 12.4. The molecule has 0 bridgehead atoms. The molecule has 150 valence electrons. The van der Waals surface area contributed by atoms with Crippen LogP contribution in [-0.4, -0.2) is 29.1 Å². The minimum absolute atomic E-state index is 0.00763. The number of likely N-dealkylation sites (N-methyl/N-ethyl adjacent to an activating group) is 1. The Labute approximate surface area is 167 Å². The topological polar surface area (TPSA) is 113 Å². The zero-order valence-electron chi connectivity index (χ0n) is 16.3. The van der Waals surface area contributed by atoms with Crippen LogP contribution in [0.3, 0.4) is 0 Å². The summed E-state index contributed by atoms with van der Waals surface area (Å²) in [4.78, 5) is 40.7. The van der Waals surface area contributed by atoms with Gasteiger partial charge in [-0.3, -0.25) is 19.1 Å². The highest BCUT2D eigenvalue weighted by Crippen LogP contribution is 2.16. The minimum Gasteiger partial charge on any atom is -0.383 e. The summed E-state index contributed by atoms with van der Waals surface area (Å²) in [6, 6.07) is 16.7. The van der Waals surface area contributed by atoms with Crippen LogP contribution in [0.2, 0.25) is 0 Å². The molecular weight excluding hydrogens is 370 g/mol. The van der Waals surface area contributed by atoms with Crippen LogP contribution in [0.5, 0.6) is 0 Å². The van der Waals surface area contributed by atoms with Gasteiger partial charge in [0.1, 0.15) is 11.5 Å². The zero-order valence-corrected chi connectivity index (χ0v) is 16.3. The third-order valence-corrected chi connectivity index (χ3v) is 4.50. The Morgan fingerprint density at radius 2 is 1.76 bits per heavy atom. The minimum atomic E-state index is -0.637. The number of hydrogen-bond donors (Lipinski definition) is 3. The van der Waals surface area contributed by atoms with Gasteiger partial charge >= 0.3 is 5.69 Å². The van der Waals surface area contributed by atoms with Gasteiger partial charge in [-0.15, -0.1) is 0 Å². The first-order valence-corrected chi connectivity index (χ1v) is 9.09. The van der Waals surface area contributed by atoms with Gasteiger partial charge in [-0.05, 0) is 24.6 Å². The Balaban J connectivity index is 1.82. The number of hydrogen-bond acceptors (Lipinski definition) is 5. The van der Waals surface area contributed by atoms with Crippen LogP contribution in [0.15, 0.2) is 64.2 Å². The second-order valence-corrected chi connectivity index (χ2v) is 6.84. The van der Waals surface area contributed by atoms with Crippen molar-refractivity contribution in [3.63, 3.8) is 0 Å². The maximum absolute atomic E-state index is 12.4. The molecule has 3 rings (SSSR count). The molecule has 8 nitrogen and oxygen atoms in total. The molecule has 1 amide bonds. The van der Waals surface area contributed by atoms with Gasteiger partial charge in [-0.25, -0.2) is 4.79 Å². The lowest BCUT2D eigenvalue weighted by molar-refractivity contribution is -0.114. The molecule has 0 radical (unpaired) electrons. The van der Waals surface area contributed by atoms with Crippen LogP contribution in [0.25, 0.3) is 0 Å². The first-order valence-electron chi connectivity index (χ1n) is 9.09. The molecule has 0 saturated carbocycles. The van der Waals surface area contributed by atoms with E-state index in [2.05, 4.69) is 10.3 Å². The van der Waals surface area contributed by atoms with Crippen LogP contribution in [0.4, 0.5) is 17.2 Å². The van der Waals surface area contributed by atoms with Crippen LogP contribution >= 0.6 is 0 Å². The number of carbonyl (C=O) groups is 1. The Bertz CT molecular complexity index is 1120. The monoisotopic (exact) mass is 393 g/mol. The summed E-state index contributed by atoms with van der Waals surface area (Å²) < 4.78 is 1.28. The molecule has 0 fully saturated rings. The summed E-state index contributed by atoms with van der Waals surface area (Å²) in [5.74, 6) is -0.302. The average molecular weight is 393 g/mol. The highest BCUT2D eigenvalue weighted by atomic mass is 16.2. The number of nitrogens with zero attached hydrogens (tertiary/aromatic N) is 2. The largest absolute Gasteiger partial charge is 0.383 e. The fraction of sp³-hybridized carbons (Fsp3) is 0.190. The SMILES string of the molecule is Cc1ccc(NC(=O)CN(C)c2c(N)n(Cc3ccccc3)c(=O)[nH]c2=O)cc1. The van der Waals surface area contributed by atoms with Gasteiger partial charge in [0.25, 0.3) is 5.56 Å². The number of benzene rings is 2. The van der Waals surface area contributed by atoms with Crippen LogP contribution < -0.4 is 27.2 Å². The number of nitrogens with one attached hydrogen (secondary N) is 2. The number of aryl methyl sites for hydroxylation is 1. The third kappa shape index (κ3) is 4.73. The molecule has 1 aromatic heterocycles. The predicted octanol–water partition coefficient (Wildman–Crippen LogP) is 1.55. The van der Waals surface area contributed by atoms with Crippen LogP contribution in [-0.2, 0) is 11.3 Å². The van der Waals surface area contributed by atoms with Crippen molar-refractivity contribution in [2.45, 2.75) is 13.5 Å². The smallest absolute Gasteiger partial charge is 0.330 e. The van der Waals surface area contributed by atoms with E-state index >= 15 is 0 Å². The lowest BCUT2D eigenvalue weighted by Gasteiger charge is -2.21. The average Bonchev–Trinajstić information content (AvgIpc) is 2.67. The van der Waals surface area contributed by atoms with Crippen LogP contribution in [0, 0.1) is 6.92 Å². The van der Waals surface area contributed by atoms with E-state index in [0.717, 1.165) is 11.1 Å². The van der Waals surface area contributed by atoms with E-state index in [0.29, 0.717) is 5.69 Å². The van der Waals surface area contributed by atoms with E-state index in [-0.39, 0.29) is 30.5 Å². The fourth-order valence-electron chi connectivity index (χ4n) is 3.00. The van der Waals surface area contributed by atoms with Gasteiger partial charge in [0.05, 0.1) is 13.1 Å². The first-order chi connectivity index (χ1) is 13.8. The molecule has 0 aliphatic heterocycles. The Morgan fingerprint density at radius 3 is 2.41 bits per heavy atom. The Hall–Kier alpha value is -3.81. The molecule has 0 atom stereocenters. The summed E-state index contributed by atoms with van der Waals surface area (Å²) in [5.41, 5.74) is 7.58. The van der Waals surface area contributed by atoms with Gasteiger partial charge < -0.3 is 16.0 Å². The Morgan fingerprint density at radius 1 is 1.10 bits per heavy atom. The summed E-state index contributed by atoms with van der Waals surface area (Å²) >= 11 is 0. The van der Waals surface area contributed by atoms with Gasteiger partial charge in [0.15, 0.2) is 0 Å². The molecule has 2 aromatic carbocycles. The lowest BCUT2D eigenvalue weighted by atomic mass is 10.2. The summed E-state index contributed by atoms with van der Waals surface area (Å²) in [7, 11) is 1.58. The van der Waals surface area contributed by atoms with E-state index < -0.39 is 11.2 Å². The van der Waals surface area contributed by atoms with Gasteiger partial charge in [-0.2, -0.15) is 0 Å². The highest BCUT2D eigenvalue weighted by Gasteiger charge is 2.18. The molecule has 0 unspecified atom stereocenters. The zero-order chi connectivity index (χ0) is 21.0. The second kappa shape index (κ2) is 8.47. The fourth-order valence-corrected chi connectivity index (χ4v) is 3.00. The molecule has 0 aliphatic rings. The number of carbonyl (C=O) groups excluding carboxylic acids is 1. The second-order valence-electron chi connectivity index (χ2n) is 6.84. The number of amides is 1. The predicted molar refractivity (Wildman–Crippen MR) is 114 cm³/mol. The number of aromatic amines is 1. The highest BCUT2D eigenvalue weighted by molar-refractivity contribution is 5.94. The molecule has 0 saturated heterocycles. The van der Waals surface area contributed by atoms with Crippen molar-refractivity contribution in [1.82, 2.24) is 9.55 Å². The number of rotatable bonds is 6. The number of aromatic nitrogens is 2. The van der Waals surface area contributed by atoms with E-state index in [1.807, 2.05) is 49.4 Å². The molecule has 0 aliphatic carbocycles. The lowest BCUT2D eigenvalue weighted by Crippen LogP contribution is -2.39. The van der Waals surface area contributed by atoms with Crippen LogP contribution in [0.1, 0.15) is 11.1 Å². The van der Waals surface area contributed by atoms with Crippen molar-refractivity contribution < 1.29 is 4.79 Å². The van der Waals surface area contributed by atoms with Crippen molar-refractivity contribution in [2.75, 3.05) is 29.5 Å². The maximum Gasteiger partial charge on any atom is 0.330 e. The molecule has 4 N–H and O–H groups in total. The molecule has 3 aromatic rings. The Kier molecular flexibility index (Phi) is 5.82. The summed E-state index contributed by atoms with van der Waals surface area (Å²) in [6.45, 7) is 2.06. The number of H-pyrrole nitrogens is 1. The van der Waals surface area contributed by atoms with E-state index in [4.69, 9.17) is 5.73 Å². The standard InChI is InChI=1S/C21H23N5O3/c1-14-8-10-16(11-9-14)23-17(27)13-25(2)18-19(22)26(21(29)24-20(18)28)12-15-6-4-3-5-7-15/h3-11H,12-13,22H2,1-2H3,(H,23,27)(H,24,28,29). The normalized spacial score (nSPS) is 10.6. The number of nitrogens with two attached hydrogens (primary N) is 1. The summed E-state index contributed by atoms with van der Waals surface area (Å²) in [5, 5.41) is 2.77. The number of anilines is 3. The van der Waals surface area contributed by atoms with Gasteiger partial charge in [0, 0.05) is 12.7 Å². The van der Waals surface area contributed by atoms with E-state index in [9.17, 15) is 14.4 Å². The molecular formula is C21H23N5O3. The van der Waals surface area contributed by atoms with Crippen molar-refractivity contribution >= 4 is 23.1 Å². The molecule has 1 heterocycles. The van der Waals surface area contributed by atoms with E-state index in [1.165, 1.54) is 9.47 Å². The quantitative estimate of drug-likeness (QED) is 0.588. The van der Waals surface area contributed by atoms with E-state index in [1.54, 1.807) is 19.2 Å². The molecule has 0 spiro atoms. The van der Waals surface area contributed by atoms with Crippen molar-refractivity contribution in [1.29, 1.82) is 0 Å². The third-order valence-electron chi connectivity index (χ3n) is 4.50. The molecule has 8 heteroatoms.